The van der Waals surface area contributed by atoms with Gasteiger partial charge in [0.15, 0.2) is 0 Å². The predicted molar refractivity (Wildman–Crippen MR) is 127 cm³/mol. The van der Waals surface area contributed by atoms with Crippen molar-refractivity contribution < 1.29 is 14.3 Å². The minimum atomic E-state index is -0.177. The molecule has 4 nitrogen and oxygen atoms in total. The van der Waals surface area contributed by atoms with Gasteiger partial charge in [-0.15, -0.1) is 0 Å². The summed E-state index contributed by atoms with van der Waals surface area (Å²) < 4.78 is 11.8. The number of carbonyl (C=O) groups excluding carboxylic acids is 1. The molecule has 1 aromatic carbocycles. The Morgan fingerprint density at radius 3 is 2.52 bits per heavy atom. The van der Waals surface area contributed by atoms with Crippen LogP contribution in [0.15, 0.2) is 42.7 Å². The Bertz CT molecular complexity index is 775. The van der Waals surface area contributed by atoms with Gasteiger partial charge in [0.1, 0.15) is 11.5 Å². The molecule has 1 atom stereocenters. The van der Waals surface area contributed by atoms with Gasteiger partial charge in [0, 0.05) is 23.7 Å². The van der Waals surface area contributed by atoms with Crippen molar-refractivity contribution >= 4 is 5.97 Å². The van der Waals surface area contributed by atoms with Gasteiger partial charge in [-0.3, -0.25) is 9.78 Å². The van der Waals surface area contributed by atoms with Gasteiger partial charge >= 0.3 is 5.97 Å². The van der Waals surface area contributed by atoms with E-state index in [-0.39, 0.29) is 5.97 Å². The molecular formula is C27H39NO3. The van der Waals surface area contributed by atoms with Gasteiger partial charge in [-0.1, -0.05) is 83.9 Å². The van der Waals surface area contributed by atoms with Crippen LogP contribution < -0.4 is 9.47 Å². The van der Waals surface area contributed by atoms with Gasteiger partial charge in [0.25, 0.3) is 0 Å². The fourth-order valence-corrected chi connectivity index (χ4v) is 3.52. The molecule has 0 fully saturated rings. The standard InChI is InChI=1S/C27H39NO3/c1-4-6-7-8-13-20-30-26-21-28-19-18-24(26)23-15-10-11-16-25(23)31-27(29)17-12-9-14-22(3)5-2/h10-11,15-16,18-19,21-22H,4-9,12-14,17,20H2,1-3H3. The number of benzene rings is 1. The number of rotatable bonds is 15. The second-order valence-corrected chi connectivity index (χ2v) is 8.36. The molecule has 0 aliphatic heterocycles. The largest absolute Gasteiger partial charge is 0.491 e. The van der Waals surface area contributed by atoms with Gasteiger partial charge in [0.2, 0.25) is 0 Å². The van der Waals surface area contributed by atoms with Crippen molar-refractivity contribution in [1.82, 2.24) is 4.98 Å². The van der Waals surface area contributed by atoms with E-state index in [9.17, 15) is 4.79 Å². The van der Waals surface area contributed by atoms with E-state index in [0.29, 0.717) is 24.7 Å². The van der Waals surface area contributed by atoms with Crippen LogP contribution in [0.4, 0.5) is 0 Å². The lowest BCUT2D eigenvalue weighted by molar-refractivity contribution is -0.134. The lowest BCUT2D eigenvalue weighted by atomic mass is 10.0. The second kappa shape index (κ2) is 14.6. The number of aromatic nitrogens is 1. The molecule has 0 N–H and O–H groups in total. The molecule has 31 heavy (non-hydrogen) atoms. The van der Waals surface area contributed by atoms with Crippen molar-refractivity contribution in [2.45, 2.75) is 85.0 Å². The Morgan fingerprint density at radius 1 is 0.935 bits per heavy atom. The number of carbonyl (C=O) groups is 1. The summed E-state index contributed by atoms with van der Waals surface area (Å²) in [6, 6.07) is 9.58. The third kappa shape index (κ3) is 9.12. The van der Waals surface area contributed by atoms with Crippen LogP contribution in [0, 0.1) is 5.92 Å². The van der Waals surface area contributed by atoms with Gasteiger partial charge in [0.05, 0.1) is 12.8 Å². The van der Waals surface area contributed by atoms with E-state index in [1.165, 1.54) is 32.1 Å². The number of esters is 1. The summed E-state index contributed by atoms with van der Waals surface area (Å²) in [6.07, 6.45) is 14.2. The highest BCUT2D eigenvalue weighted by atomic mass is 16.5. The van der Waals surface area contributed by atoms with Crippen LogP contribution in [-0.2, 0) is 4.79 Å². The zero-order chi connectivity index (χ0) is 22.3. The summed E-state index contributed by atoms with van der Waals surface area (Å²) in [5, 5.41) is 0. The molecule has 0 aliphatic carbocycles. The van der Waals surface area contributed by atoms with Crippen LogP contribution in [0.3, 0.4) is 0 Å². The molecule has 2 rings (SSSR count). The predicted octanol–water partition coefficient (Wildman–Crippen LogP) is 7.61. The fraction of sp³-hybridized carbons (Fsp3) is 0.556. The first-order chi connectivity index (χ1) is 15.2. The molecule has 4 heteroatoms. The maximum absolute atomic E-state index is 12.4. The number of unbranched alkanes of at least 4 members (excludes halogenated alkanes) is 5. The van der Waals surface area contributed by atoms with Crippen LogP contribution in [0.1, 0.15) is 85.0 Å². The Labute approximate surface area is 188 Å². The monoisotopic (exact) mass is 425 g/mol. The van der Waals surface area contributed by atoms with Crippen molar-refractivity contribution in [3.8, 4) is 22.6 Å². The van der Waals surface area contributed by atoms with E-state index in [4.69, 9.17) is 9.47 Å². The van der Waals surface area contributed by atoms with Crippen molar-refractivity contribution in [2.24, 2.45) is 5.92 Å². The van der Waals surface area contributed by atoms with E-state index in [1.807, 2.05) is 30.3 Å². The quantitative estimate of drug-likeness (QED) is 0.167. The Balaban J connectivity index is 1.97. The number of pyridine rings is 1. The number of nitrogens with zero attached hydrogens (tertiary/aromatic N) is 1. The minimum absolute atomic E-state index is 0.177. The van der Waals surface area contributed by atoms with E-state index in [0.717, 1.165) is 42.6 Å². The van der Waals surface area contributed by atoms with E-state index < -0.39 is 0 Å². The zero-order valence-corrected chi connectivity index (χ0v) is 19.6. The van der Waals surface area contributed by atoms with Gasteiger partial charge in [-0.2, -0.15) is 0 Å². The molecule has 0 aliphatic rings. The van der Waals surface area contributed by atoms with Crippen molar-refractivity contribution in [3.63, 3.8) is 0 Å². The van der Waals surface area contributed by atoms with Crippen molar-refractivity contribution in [3.05, 3.63) is 42.7 Å². The summed E-state index contributed by atoms with van der Waals surface area (Å²) in [5.41, 5.74) is 1.77. The topological polar surface area (TPSA) is 48.4 Å². The number of hydrogen-bond acceptors (Lipinski definition) is 4. The maximum Gasteiger partial charge on any atom is 0.311 e. The van der Waals surface area contributed by atoms with Gasteiger partial charge in [-0.25, -0.2) is 0 Å². The highest BCUT2D eigenvalue weighted by molar-refractivity contribution is 5.80. The second-order valence-electron chi connectivity index (χ2n) is 8.36. The average molecular weight is 426 g/mol. The summed E-state index contributed by atoms with van der Waals surface area (Å²) in [7, 11) is 0. The third-order valence-corrected chi connectivity index (χ3v) is 5.72. The molecule has 1 aromatic heterocycles. The first-order valence-corrected chi connectivity index (χ1v) is 12.0. The molecule has 170 valence electrons. The van der Waals surface area contributed by atoms with E-state index in [1.54, 1.807) is 12.4 Å². The Kier molecular flexibility index (Phi) is 11.7. The van der Waals surface area contributed by atoms with Crippen LogP contribution in [0.25, 0.3) is 11.1 Å². The van der Waals surface area contributed by atoms with Crippen LogP contribution in [0.5, 0.6) is 11.5 Å². The summed E-state index contributed by atoms with van der Waals surface area (Å²) in [4.78, 5) is 16.7. The molecule has 0 saturated heterocycles. The molecule has 1 heterocycles. The fourth-order valence-electron chi connectivity index (χ4n) is 3.52. The van der Waals surface area contributed by atoms with E-state index in [2.05, 4.69) is 25.8 Å². The highest BCUT2D eigenvalue weighted by Crippen LogP contribution is 2.36. The number of hydrogen-bond donors (Lipinski definition) is 0. The third-order valence-electron chi connectivity index (χ3n) is 5.72. The molecular weight excluding hydrogens is 386 g/mol. The van der Waals surface area contributed by atoms with Crippen LogP contribution >= 0.6 is 0 Å². The lowest BCUT2D eigenvalue weighted by Gasteiger charge is -2.14. The number of para-hydroxylation sites is 1. The highest BCUT2D eigenvalue weighted by Gasteiger charge is 2.14. The summed E-state index contributed by atoms with van der Waals surface area (Å²) >= 11 is 0. The molecule has 0 saturated carbocycles. The van der Waals surface area contributed by atoms with E-state index >= 15 is 0 Å². The molecule has 0 amide bonds. The summed E-state index contributed by atoms with van der Waals surface area (Å²) in [5.74, 6) is 1.85. The van der Waals surface area contributed by atoms with Crippen LogP contribution in [-0.4, -0.2) is 17.6 Å². The molecule has 0 radical (unpaired) electrons. The Hall–Kier alpha value is -2.36. The first kappa shape index (κ1) is 24.9. The lowest BCUT2D eigenvalue weighted by Crippen LogP contribution is -2.09. The number of ether oxygens (including phenoxy) is 2. The zero-order valence-electron chi connectivity index (χ0n) is 19.6. The normalized spacial score (nSPS) is 11.8. The van der Waals surface area contributed by atoms with Gasteiger partial charge in [-0.05, 0) is 30.9 Å². The average Bonchev–Trinajstić information content (AvgIpc) is 2.79. The maximum atomic E-state index is 12.4. The smallest absolute Gasteiger partial charge is 0.311 e. The molecule has 0 spiro atoms. The SMILES string of the molecule is CCCCCCCOc1cnccc1-c1ccccc1OC(=O)CCCCC(C)CC. The van der Waals surface area contributed by atoms with Gasteiger partial charge < -0.3 is 9.47 Å². The van der Waals surface area contributed by atoms with Crippen molar-refractivity contribution in [1.29, 1.82) is 0 Å². The Morgan fingerprint density at radius 2 is 1.71 bits per heavy atom. The van der Waals surface area contributed by atoms with Crippen molar-refractivity contribution in [2.75, 3.05) is 6.61 Å². The summed E-state index contributed by atoms with van der Waals surface area (Å²) in [6.45, 7) is 7.35. The van der Waals surface area contributed by atoms with Crippen LogP contribution in [0.2, 0.25) is 0 Å². The molecule has 1 unspecified atom stereocenters. The first-order valence-electron chi connectivity index (χ1n) is 12.0. The molecule has 2 aromatic rings. The minimum Gasteiger partial charge on any atom is -0.491 e. The molecule has 0 bridgehead atoms.